The van der Waals surface area contributed by atoms with Crippen LogP contribution in [-0.2, 0) is 4.79 Å². The number of para-hydroxylation sites is 2. The number of halogens is 1. The molecule has 0 radical (unpaired) electrons. The fourth-order valence-electron chi connectivity index (χ4n) is 1.98. The molecule has 0 aliphatic heterocycles. The first-order valence-electron chi connectivity index (χ1n) is 6.95. The highest BCUT2D eigenvalue weighted by atomic mass is 35.5. The zero-order valence-corrected chi connectivity index (χ0v) is 13.4. The van der Waals surface area contributed by atoms with E-state index in [-0.39, 0.29) is 17.3 Å². The smallest absolute Gasteiger partial charge is 0.292 e. The molecule has 6 nitrogen and oxygen atoms in total. The lowest BCUT2D eigenvalue weighted by Crippen LogP contribution is -2.32. The quantitative estimate of drug-likeness (QED) is 0.640. The normalized spacial score (nSPS) is 11.6. The largest absolute Gasteiger partial charge is 0.374 e. The average Bonchev–Trinajstić information content (AvgIpc) is 2.51. The number of nitrogens with one attached hydrogen (secondary N) is 2. The molecule has 2 aromatic rings. The minimum Gasteiger partial charge on any atom is -0.374 e. The Morgan fingerprint density at radius 1 is 1.26 bits per heavy atom. The Morgan fingerprint density at radius 2 is 1.96 bits per heavy atom. The predicted octanol–water partition coefficient (Wildman–Crippen LogP) is 4.00. The van der Waals surface area contributed by atoms with E-state index in [2.05, 4.69) is 10.6 Å². The number of hydrogen-bond donors (Lipinski definition) is 2. The number of nitro groups is 1. The number of rotatable bonds is 5. The lowest BCUT2D eigenvalue weighted by molar-refractivity contribution is -0.383. The summed E-state index contributed by atoms with van der Waals surface area (Å²) >= 11 is 6.05. The summed E-state index contributed by atoms with van der Waals surface area (Å²) in [7, 11) is 0. The molecule has 0 heterocycles. The van der Waals surface area contributed by atoms with Gasteiger partial charge in [-0.25, -0.2) is 0 Å². The van der Waals surface area contributed by atoms with Crippen molar-refractivity contribution in [3.63, 3.8) is 0 Å². The Labute approximate surface area is 138 Å². The highest BCUT2D eigenvalue weighted by Crippen LogP contribution is 2.24. The molecule has 0 aliphatic carbocycles. The topological polar surface area (TPSA) is 84.3 Å². The third-order valence-corrected chi connectivity index (χ3v) is 3.71. The fraction of sp³-hybridized carbons (Fsp3) is 0.188. The molecule has 7 heteroatoms. The van der Waals surface area contributed by atoms with Crippen molar-refractivity contribution in [1.82, 2.24) is 0 Å². The van der Waals surface area contributed by atoms with Gasteiger partial charge < -0.3 is 10.6 Å². The zero-order chi connectivity index (χ0) is 17.0. The second kappa shape index (κ2) is 7.11. The summed E-state index contributed by atoms with van der Waals surface area (Å²) in [5.41, 5.74) is 1.66. The summed E-state index contributed by atoms with van der Waals surface area (Å²) in [6, 6.07) is 10.8. The van der Waals surface area contributed by atoms with E-state index in [1.807, 2.05) is 19.1 Å². The summed E-state index contributed by atoms with van der Waals surface area (Å²) in [6.07, 6.45) is 0. The molecule has 120 valence electrons. The SMILES string of the molecule is Cc1ccc(N[C@@H](C)C(=O)Nc2ccccc2[N+](=O)[O-])cc1Cl. The Hall–Kier alpha value is -2.60. The van der Waals surface area contributed by atoms with E-state index >= 15 is 0 Å². The van der Waals surface area contributed by atoms with E-state index in [1.165, 1.54) is 12.1 Å². The summed E-state index contributed by atoms with van der Waals surface area (Å²) < 4.78 is 0. The molecule has 2 rings (SSSR count). The monoisotopic (exact) mass is 333 g/mol. The van der Waals surface area contributed by atoms with Crippen LogP contribution in [0, 0.1) is 17.0 Å². The van der Waals surface area contributed by atoms with E-state index in [0.717, 1.165) is 5.56 Å². The van der Waals surface area contributed by atoms with Gasteiger partial charge in [-0.15, -0.1) is 0 Å². The summed E-state index contributed by atoms with van der Waals surface area (Å²) in [4.78, 5) is 22.6. The first kappa shape index (κ1) is 16.8. The molecule has 0 fully saturated rings. The second-order valence-electron chi connectivity index (χ2n) is 5.09. The van der Waals surface area contributed by atoms with Crippen molar-refractivity contribution >= 4 is 34.6 Å². The number of aryl methyl sites for hydroxylation is 1. The Balaban J connectivity index is 2.08. The van der Waals surface area contributed by atoms with Crippen LogP contribution in [0.1, 0.15) is 12.5 Å². The van der Waals surface area contributed by atoms with Crippen LogP contribution in [0.25, 0.3) is 0 Å². The maximum atomic E-state index is 12.2. The molecule has 0 aromatic heterocycles. The number of nitrogens with zero attached hydrogens (tertiary/aromatic N) is 1. The maximum absolute atomic E-state index is 12.2. The van der Waals surface area contributed by atoms with Gasteiger partial charge in [0.25, 0.3) is 5.69 Å². The highest BCUT2D eigenvalue weighted by molar-refractivity contribution is 6.31. The van der Waals surface area contributed by atoms with Crippen LogP contribution in [0.3, 0.4) is 0 Å². The number of anilines is 2. The molecule has 0 bridgehead atoms. The van der Waals surface area contributed by atoms with Crippen molar-refractivity contribution in [3.8, 4) is 0 Å². The zero-order valence-electron chi connectivity index (χ0n) is 12.7. The van der Waals surface area contributed by atoms with Crippen molar-refractivity contribution in [3.05, 3.63) is 63.2 Å². The van der Waals surface area contributed by atoms with Gasteiger partial charge >= 0.3 is 0 Å². The Morgan fingerprint density at radius 3 is 2.61 bits per heavy atom. The van der Waals surface area contributed by atoms with Gasteiger partial charge in [-0.3, -0.25) is 14.9 Å². The van der Waals surface area contributed by atoms with Crippen LogP contribution in [0.5, 0.6) is 0 Å². The van der Waals surface area contributed by atoms with Gasteiger partial charge in [-0.1, -0.05) is 29.8 Å². The minimum atomic E-state index is -0.589. The third kappa shape index (κ3) is 4.20. The van der Waals surface area contributed by atoms with Crippen LogP contribution >= 0.6 is 11.6 Å². The molecule has 0 aliphatic rings. The Bertz CT molecular complexity index is 749. The molecule has 0 saturated heterocycles. The number of hydrogen-bond acceptors (Lipinski definition) is 4. The van der Waals surface area contributed by atoms with E-state index in [1.54, 1.807) is 25.1 Å². The van der Waals surface area contributed by atoms with Gasteiger partial charge in [-0.05, 0) is 37.6 Å². The van der Waals surface area contributed by atoms with E-state index in [4.69, 9.17) is 11.6 Å². The predicted molar refractivity (Wildman–Crippen MR) is 91.0 cm³/mol. The number of amides is 1. The maximum Gasteiger partial charge on any atom is 0.292 e. The molecule has 0 spiro atoms. The number of benzene rings is 2. The third-order valence-electron chi connectivity index (χ3n) is 3.31. The Kier molecular flexibility index (Phi) is 5.18. The first-order valence-corrected chi connectivity index (χ1v) is 7.33. The molecule has 1 amide bonds. The minimum absolute atomic E-state index is 0.147. The second-order valence-corrected chi connectivity index (χ2v) is 5.50. The van der Waals surface area contributed by atoms with Crippen LogP contribution in [0.4, 0.5) is 17.1 Å². The number of nitro benzene ring substituents is 1. The molecule has 2 aromatic carbocycles. The van der Waals surface area contributed by atoms with Crippen LogP contribution in [0.2, 0.25) is 5.02 Å². The van der Waals surface area contributed by atoms with Gasteiger partial charge in [0, 0.05) is 16.8 Å². The van der Waals surface area contributed by atoms with Crippen LogP contribution in [0.15, 0.2) is 42.5 Å². The van der Waals surface area contributed by atoms with Gasteiger partial charge in [0.15, 0.2) is 0 Å². The van der Waals surface area contributed by atoms with Crippen molar-refractivity contribution in [1.29, 1.82) is 0 Å². The van der Waals surface area contributed by atoms with Gasteiger partial charge in [0.05, 0.1) is 4.92 Å². The molecular weight excluding hydrogens is 318 g/mol. The summed E-state index contributed by atoms with van der Waals surface area (Å²) in [5.74, 6) is -0.379. The van der Waals surface area contributed by atoms with Gasteiger partial charge in [0.2, 0.25) is 5.91 Å². The van der Waals surface area contributed by atoms with Crippen molar-refractivity contribution in [2.45, 2.75) is 19.9 Å². The van der Waals surface area contributed by atoms with E-state index in [0.29, 0.717) is 10.7 Å². The highest BCUT2D eigenvalue weighted by Gasteiger charge is 2.18. The first-order chi connectivity index (χ1) is 10.9. The van der Waals surface area contributed by atoms with Gasteiger partial charge in [0.1, 0.15) is 11.7 Å². The lowest BCUT2D eigenvalue weighted by atomic mass is 10.2. The van der Waals surface area contributed by atoms with Crippen molar-refractivity contribution < 1.29 is 9.72 Å². The lowest BCUT2D eigenvalue weighted by Gasteiger charge is -2.16. The number of carbonyl (C=O) groups excluding carboxylic acids is 1. The number of carbonyl (C=O) groups is 1. The fourth-order valence-corrected chi connectivity index (χ4v) is 2.16. The van der Waals surface area contributed by atoms with Crippen LogP contribution < -0.4 is 10.6 Å². The molecular formula is C16H16ClN3O3. The molecule has 2 N–H and O–H groups in total. The van der Waals surface area contributed by atoms with Crippen molar-refractivity contribution in [2.24, 2.45) is 0 Å². The summed E-state index contributed by atoms with van der Waals surface area (Å²) in [5, 5.41) is 17.1. The van der Waals surface area contributed by atoms with Gasteiger partial charge in [-0.2, -0.15) is 0 Å². The molecule has 1 atom stereocenters. The van der Waals surface area contributed by atoms with Crippen LogP contribution in [-0.4, -0.2) is 16.9 Å². The standard InChI is InChI=1S/C16H16ClN3O3/c1-10-7-8-12(9-13(10)17)18-11(2)16(21)19-14-5-3-4-6-15(14)20(22)23/h3-9,11,18H,1-2H3,(H,19,21)/t11-/m0/s1. The molecule has 23 heavy (non-hydrogen) atoms. The van der Waals surface area contributed by atoms with E-state index < -0.39 is 11.0 Å². The average molecular weight is 334 g/mol. The van der Waals surface area contributed by atoms with E-state index in [9.17, 15) is 14.9 Å². The molecule has 0 saturated carbocycles. The summed E-state index contributed by atoms with van der Waals surface area (Å²) in [6.45, 7) is 3.55. The molecule has 0 unspecified atom stereocenters. The van der Waals surface area contributed by atoms with Crippen molar-refractivity contribution in [2.75, 3.05) is 10.6 Å².